The molecule has 0 radical (unpaired) electrons. The van der Waals surface area contributed by atoms with E-state index in [1.54, 1.807) is 6.08 Å². The normalized spacial score (nSPS) is 20.1. The van der Waals surface area contributed by atoms with Crippen LogP contribution in [0.25, 0.3) is 6.08 Å². The van der Waals surface area contributed by atoms with E-state index < -0.39 is 0 Å². The zero-order chi connectivity index (χ0) is 13.8. The van der Waals surface area contributed by atoms with E-state index in [1.807, 2.05) is 36.4 Å². The van der Waals surface area contributed by atoms with Crippen LogP contribution in [-0.4, -0.2) is 5.78 Å². The number of halogens is 1. The van der Waals surface area contributed by atoms with E-state index in [9.17, 15) is 4.79 Å². The van der Waals surface area contributed by atoms with Gasteiger partial charge in [0.25, 0.3) is 0 Å². The Morgan fingerprint density at radius 3 is 2.47 bits per heavy atom. The van der Waals surface area contributed by atoms with Gasteiger partial charge < -0.3 is 0 Å². The molecular formula is C17H19ClO. The number of carbonyl (C=O) groups excluding carboxylic acids is 1. The van der Waals surface area contributed by atoms with Crippen LogP contribution >= 0.6 is 11.6 Å². The average molecular weight is 275 g/mol. The molecule has 1 aromatic carbocycles. The molecule has 2 rings (SSSR count). The molecule has 0 spiro atoms. The summed E-state index contributed by atoms with van der Waals surface area (Å²) in [7, 11) is 0. The molecule has 0 aromatic heterocycles. The SMILES string of the molecule is CC(C)C1CCC(/C=C\c2ccc(Cl)cc2)=CC1=O. The van der Waals surface area contributed by atoms with E-state index in [0.717, 1.165) is 29.0 Å². The number of rotatable bonds is 3. The van der Waals surface area contributed by atoms with Gasteiger partial charge in [0.15, 0.2) is 5.78 Å². The number of carbonyl (C=O) groups is 1. The van der Waals surface area contributed by atoms with Gasteiger partial charge in [-0.05, 0) is 48.1 Å². The fourth-order valence-electron chi connectivity index (χ4n) is 2.40. The quantitative estimate of drug-likeness (QED) is 0.765. The minimum Gasteiger partial charge on any atom is -0.295 e. The number of benzene rings is 1. The van der Waals surface area contributed by atoms with Crippen molar-refractivity contribution in [2.45, 2.75) is 26.7 Å². The molecule has 0 aliphatic heterocycles. The minimum atomic E-state index is 0.202. The maximum absolute atomic E-state index is 12.0. The smallest absolute Gasteiger partial charge is 0.159 e. The lowest BCUT2D eigenvalue weighted by Gasteiger charge is -2.22. The zero-order valence-corrected chi connectivity index (χ0v) is 12.2. The van der Waals surface area contributed by atoms with Crippen molar-refractivity contribution in [2.75, 3.05) is 0 Å². The van der Waals surface area contributed by atoms with E-state index in [2.05, 4.69) is 13.8 Å². The summed E-state index contributed by atoms with van der Waals surface area (Å²) in [5.41, 5.74) is 2.22. The first-order chi connectivity index (χ1) is 9.06. The molecule has 0 heterocycles. The fraction of sp³-hybridized carbons (Fsp3) is 0.353. The van der Waals surface area contributed by atoms with Crippen LogP contribution in [-0.2, 0) is 4.79 Å². The molecule has 1 unspecified atom stereocenters. The summed E-state index contributed by atoms with van der Waals surface area (Å²) < 4.78 is 0. The van der Waals surface area contributed by atoms with Gasteiger partial charge in [0.1, 0.15) is 0 Å². The van der Waals surface area contributed by atoms with Gasteiger partial charge in [-0.3, -0.25) is 4.79 Å². The molecule has 19 heavy (non-hydrogen) atoms. The first kappa shape index (κ1) is 14.1. The molecule has 1 atom stereocenters. The van der Waals surface area contributed by atoms with Gasteiger partial charge in [-0.2, -0.15) is 0 Å². The Labute approximate surface area is 120 Å². The fourth-order valence-corrected chi connectivity index (χ4v) is 2.52. The average Bonchev–Trinajstić information content (AvgIpc) is 2.37. The monoisotopic (exact) mass is 274 g/mol. The summed E-state index contributed by atoms with van der Waals surface area (Å²) in [4.78, 5) is 12.0. The highest BCUT2D eigenvalue weighted by molar-refractivity contribution is 6.30. The Balaban J connectivity index is 2.06. The molecule has 0 fully saturated rings. The van der Waals surface area contributed by atoms with Crippen molar-refractivity contribution < 1.29 is 4.79 Å². The van der Waals surface area contributed by atoms with Crippen LogP contribution in [0.3, 0.4) is 0 Å². The van der Waals surface area contributed by atoms with Crippen LogP contribution in [0.5, 0.6) is 0 Å². The predicted molar refractivity (Wildman–Crippen MR) is 81.1 cm³/mol. The lowest BCUT2D eigenvalue weighted by atomic mass is 9.81. The zero-order valence-electron chi connectivity index (χ0n) is 11.4. The number of hydrogen-bond donors (Lipinski definition) is 0. The summed E-state index contributed by atoms with van der Waals surface area (Å²) in [5, 5.41) is 0.740. The Hall–Kier alpha value is -1.34. The van der Waals surface area contributed by atoms with Crippen LogP contribution in [0.1, 0.15) is 32.3 Å². The molecule has 1 aliphatic carbocycles. The van der Waals surface area contributed by atoms with E-state index in [-0.39, 0.29) is 11.7 Å². The second kappa shape index (κ2) is 6.21. The number of allylic oxidation sites excluding steroid dienone is 3. The predicted octanol–water partition coefficient (Wildman–Crippen LogP) is 4.91. The van der Waals surface area contributed by atoms with Crippen molar-refractivity contribution in [1.82, 2.24) is 0 Å². The standard InChI is InChI=1S/C17H19ClO/c1-12(2)16-10-7-14(11-17(16)19)4-3-13-5-8-15(18)9-6-13/h3-6,8-9,11-12,16H,7,10H2,1-2H3/b4-3-. The largest absolute Gasteiger partial charge is 0.295 e. The van der Waals surface area contributed by atoms with Crippen molar-refractivity contribution in [2.24, 2.45) is 11.8 Å². The van der Waals surface area contributed by atoms with Gasteiger partial charge in [0.05, 0.1) is 0 Å². The summed E-state index contributed by atoms with van der Waals surface area (Å²) in [5.74, 6) is 0.912. The highest BCUT2D eigenvalue weighted by Crippen LogP contribution is 2.27. The molecule has 0 saturated heterocycles. The van der Waals surface area contributed by atoms with Crippen LogP contribution in [0.4, 0.5) is 0 Å². The molecule has 100 valence electrons. The lowest BCUT2D eigenvalue weighted by molar-refractivity contribution is -0.120. The molecule has 0 bridgehead atoms. The van der Waals surface area contributed by atoms with Crippen molar-refractivity contribution in [3.8, 4) is 0 Å². The maximum atomic E-state index is 12.0. The van der Waals surface area contributed by atoms with Crippen molar-refractivity contribution in [3.05, 3.63) is 52.6 Å². The van der Waals surface area contributed by atoms with Crippen LogP contribution in [0.2, 0.25) is 5.02 Å². The minimum absolute atomic E-state index is 0.202. The number of hydrogen-bond acceptors (Lipinski definition) is 1. The second-order valence-electron chi connectivity index (χ2n) is 5.40. The summed E-state index contributed by atoms with van der Waals surface area (Å²) in [6, 6.07) is 7.69. The first-order valence-corrected chi connectivity index (χ1v) is 7.12. The molecule has 2 heteroatoms. The molecule has 0 saturated carbocycles. The highest BCUT2D eigenvalue weighted by Gasteiger charge is 2.23. The topological polar surface area (TPSA) is 17.1 Å². The van der Waals surface area contributed by atoms with Gasteiger partial charge in [0, 0.05) is 10.9 Å². The third kappa shape index (κ3) is 3.81. The molecule has 0 amide bonds. The summed E-state index contributed by atoms with van der Waals surface area (Å²) >= 11 is 5.85. The Morgan fingerprint density at radius 2 is 1.89 bits per heavy atom. The molecule has 1 aromatic rings. The van der Waals surface area contributed by atoms with Gasteiger partial charge in [0.2, 0.25) is 0 Å². The van der Waals surface area contributed by atoms with Gasteiger partial charge in [-0.15, -0.1) is 0 Å². The second-order valence-corrected chi connectivity index (χ2v) is 5.83. The van der Waals surface area contributed by atoms with Crippen LogP contribution in [0.15, 0.2) is 42.0 Å². The molecule has 0 N–H and O–H groups in total. The van der Waals surface area contributed by atoms with Gasteiger partial charge >= 0.3 is 0 Å². The molecule has 1 nitrogen and oxygen atoms in total. The lowest BCUT2D eigenvalue weighted by Crippen LogP contribution is -2.22. The molecule has 1 aliphatic rings. The maximum Gasteiger partial charge on any atom is 0.159 e. The van der Waals surface area contributed by atoms with Crippen molar-refractivity contribution in [3.63, 3.8) is 0 Å². The highest BCUT2D eigenvalue weighted by atomic mass is 35.5. The van der Waals surface area contributed by atoms with Crippen molar-refractivity contribution in [1.29, 1.82) is 0 Å². The van der Waals surface area contributed by atoms with Gasteiger partial charge in [-0.25, -0.2) is 0 Å². The van der Waals surface area contributed by atoms with Crippen LogP contribution < -0.4 is 0 Å². The van der Waals surface area contributed by atoms with Crippen LogP contribution in [0, 0.1) is 11.8 Å². The van der Waals surface area contributed by atoms with E-state index in [4.69, 9.17) is 11.6 Å². The summed E-state index contributed by atoms with van der Waals surface area (Å²) in [6.07, 6.45) is 7.83. The van der Waals surface area contributed by atoms with E-state index >= 15 is 0 Å². The first-order valence-electron chi connectivity index (χ1n) is 6.74. The molecular weight excluding hydrogens is 256 g/mol. The van der Waals surface area contributed by atoms with Gasteiger partial charge in [-0.1, -0.05) is 49.7 Å². The van der Waals surface area contributed by atoms with Crippen molar-refractivity contribution >= 4 is 23.5 Å². The van der Waals surface area contributed by atoms with E-state index in [0.29, 0.717) is 5.92 Å². The third-order valence-electron chi connectivity index (χ3n) is 3.60. The number of ketones is 1. The van der Waals surface area contributed by atoms with E-state index in [1.165, 1.54) is 0 Å². The Kier molecular flexibility index (Phi) is 4.60. The summed E-state index contributed by atoms with van der Waals surface area (Å²) in [6.45, 7) is 4.23. The Morgan fingerprint density at radius 1 is 1.21 bits per heavy atom. The third-order valence-corrected chi connectivity index (χ3v) is 3.85. The Bertz CT molecular complexity index is 509.